The number of amides is 1. The van der Waals surface area contributed by atoms with Gasteiger partial charge in [-0.05, 0) is 36.5 Å². The fourth-order valence-corrected chi connectivity index (χ4v) is 3.06. The first-order chi connectivity index (χ1) is 10.3. The molecule has 0 spiro atoms. The van der Waals surface area contributed by atoms with Crippen LogP contribution in [-0.4, -0.2) is 45.0 Å². The van der Waals surface area contributed by atoms with Crippen LogP contribution in [0.4, 0.5) is 0 Å². The molecule has 1 aliphatic rings. The van der Waals surface area contributed by atoms with E-state index in [9.17, 15) is 13.2 Å². The van der Waals surface area contributed by atoms with Crippen LogP contribution >= 0.6 is 11.6 Å². The Morgan fingerprint density at radius 3 is 2.82 bits per heavy atom. The van der Waals surface area contributed by atoms with Crippen molar-refractivity contribution in [3.05, 3.63) is 34.9 Å². The third-order valence-electron chi connectivity index (χ3n) is 3.92. The van der Waals surface area contributed by atoms with Crippen molar-refractivity contribution in [3.63, 3.8) is 0 Å². The summed E-state index contributed by atoms with van der Waals surface area (Å²) in [6.07, 6.45) is 2.62. The molecule has 1 aromatic rings. The van der Waals surface area contributed by atoms with Crippen LogP contribution in [-0.2, 0) is 14.8 Å². The van der Waals surface area contributed by atoms with Crippen molar-refractivity contribution in [1.29, 1.82) is 0 Å². The van der Waals surface area contributed by atoms with Crippen LogP contribution in [0, 0.1) is 5.92 Å². The number of rotatable bonds is 7. The predicted octanol–water partition coefficient (Wildman–Crippen LogP) is 1.84. The monoisotopic (exact) mass is 344 g/mol. The van der Waals surface area contributed by atoms with E-state index in [1.54, 1.807) is 0 Å². The fourth-order valence-electron chi connectivity index (χ4n) is 2.40. The van der Waals surface area contributed by atoms with E-state index in [4.69, 9.17) is 11.6 Å². The van der Waals surface area contributed by atoms with Crippen molar-refractivity contribution in [2.75, 3.05) is 26.4 Å². The number of nitrogens with zero attached hydrogens (tertiary/aromatic N) is 1. The van der Waals surface area contributed by atoms with Crippen molar-refractivity contribution in [1.82, 2.24) is 9.62 Å². The zero-order valence-corrected chi connectivity index (χ0v) is 14.3. The SMILES string of the molecule is CN(CCCNC(=O)[C@H]1C[C@H]1c1cccc(Cl)c1)S(C)(=O)=O. The van der Waals surface area contributed by atoms with Gasteiger partial charge in [-0.2, -0.15) is 0 Å². The van der Waals surface area contributed by atoms with Gasteiger partial charge < -0.3 is 5.32 Å². The van der Waals surface area contributed by atoms with Crippen LogP contribution < -0.4 is 5.32 Å². The van der Waals surface area contributed by atoms with Gasteiger partial charge in [-0.15, -0.1) is 0 Å². The Morgan fingerprint density at radius 1 is 1.45 bits per heavy atom. The van der Waals surface area contributed by atoms with Crippen molar-refractivity contribution in [2.24, 2.45) is 5.92 Å². The molecule has 0 aliphatic heterocycles. The van der Waals surface area contributed by atoms with Gasteiger partial charge in [-0.1, -0.05) is 23.7 Å². The second-order valence-corrected chi connectivity index (χ2v) is 8.26. The molecule has 1 amide bonds. The summed E-state index contributed by atoms with van der Waals surface area (Å²) in [5, 5.41) is 3.56. The van der Waals surface area contributed by atoms with Gasteiger partial charge in [-0.3, -0.25) is 4.79 Å². The van der Waals surface area contributed by atoms with Crippen LogP contribution in [0.25, 0.3) is 0 Å². The summed E-state index contributed by atoms with van der Waals surface area (Å²) in [6, 6.07) is 7.61. The molecular weight excluding hydrogens is 324 g/mol. The Balaban J connectivity index is 1.72. The van der Waals surface area contributed by atoms with Gasteiger partial charge in [0.1, 0.15) is 0 Å². The summed E-state index contributed by atoms with van der Waals surface area (Å²) in [5.41, 5.74) is 1.10. The molecule has 2 atom stereocenters. The maximum atomic E-state index is 12.0. The molecule has 0 radical (unpaired) electrons. The smallest absolute Gasteiger partial charge is 0.223 e. The molecule has 1 aliphatic carbocycles. The number of carbonyl (C=O) groups excluding carboxylic acids is 1. The van der Waals surface area contributed by atoms with Crippen LogP contribution in [0.2, 0.25) is 5.02 Å². The first kappa shape index (κ1) is 17.2. The summed E-state index contributed by atoms with van der Waals surface area (Å²) in [6.45, 7) is 0.888. The average molecular weight is 345 g/mol. The van der Waals surface area contributed by atoms with E-state index in [-0.39, 0.29) is 17.7 Å². The molecule has 0 bridgehead atoms. The molecule has 0 heterocycles. The predicted molar refractivity (Wildman–Crippen MR) is 87.4 cm³/mol. The largest absolute Gasteiger partial charge is 0.356 e. The number of halogens is 1. The Morgan fingerprint density at radius 2 is 2.18 bits per heavy atom. The first-order valence-electron chi connectivity index (χ1n) is 7.23. The van der Waals surface area contributed by atoms with Crippen LogP contribution in [0.1, 0.15) is 24.3 Å². The van der Waals surface area contributed by atoms with Gasteiger partial charge in [0.15, 0.2) is 0 Å². The molecule has 122 valence electrons. The summed E-state index contributed by atoms with van der Waals surface area (Å²) < 4.78 is 23.7. The highest BCUT2D eigenvalue weighted by Crippen LogP contribution is 2.47. The Bertz CT molecular complexity index is 648. The van der Waals surface area contributed by atoms with E-state index in [1.807, 2.05) is 24.3 Å². The summed E-state index contributed by atoms with van der Waals surface area (Å²) in [7, 11) is -1.61. The van der Waals surface area contributed by atoms with E-state index < -0.39 is 10.0 Å². The highest BCUT2D eigenvalue weighted by atomic mass is 35.5. The van der Waals surface area contributed by atoms with Gasteiger partial charge in [0, 0.05) is 31.1 Å². The van der Waals surface area contributed by atoms with E-state index in [2.05, 4.69) is 5.32 Å². The van der Waals surface area contributed by atoms with Crippen LogP contribution in [0.3, 0.4) is 0 Å². The molecule has 5 nitrogen and oxygen atoms in total. The van der Waals surface area contributed by atoms with Gasteiger partial charge in [0.25, 0.3) is 0 Å². The number of hydrogen-bond donors (Lipinski definition) is 1. The third-order valence-corrected chi connectivity index (χ3v) is 5.47. The Labute approximate surface area is 136 Å². The molecule has 7 heteroatoms. The van der Waals surface area contributed by atoms with E-state index in [1.165, 1.54) is 17.6 Å². The summed E-state index contributed by atoms with van der Waals surface area (Å²) >= 11 is 5.96. The van der Waals surface area contributed by atoms with E-state index in [0.717, 1.165) is 12.0 Å². The fraction of sp³-hybridized carbons (Fsp3) is 0.533. The zero-order chi connectivity index (χ0) is 16.3. The molecule has 22 heavy (non-hydrogen) atoms. The molecule has 1 aromatic carbocycles. The lowest BCUT2D eigenvalue weighted by molar-refractivity contribution is -0.122. The second-order valence-electron chi connectivity index (χ2n) is 5.73. The third kappa shape index (κ3) is 4.69. The lowest BCUT2D eigenvalue weighted by Crippen LogP contribution is -2.31. The maximum absolute atomic E-state index is 12.0. The maximum Gasteiger partial charge on any atom is 0.223 e. The minimum absolute atomic E-state index is 0.00565. The minimum atomic E-state index is -3.15. The number of sulfonamides is 1. The van der Waals surface area contributed by atoms with Crippen molar-refractivity contribution in [2.45, 2.75) is 18.8 Å². The van der Waals surface area contributed by atoms with Crippen molar-refractivity contribution in [3.8, 4) is 0 Å². The minimum Gasteiger partial charge on any atom is -0.356 e. The van der Waals surface area contributed by atoms with Crippen LogP contribution in [0.15, 0.2) is 24.3 Å². The molecule has 2 rings (SSSR count). The van der Waals surface area contributed by atoms with E-state index >= 15 is 0 Å². The molecule has 0 aromatic heterocycles. The number of carbonyl (C=O) groups is 1. The van der Waals surface area contributed by atoms with Gasteiger partial charge in [0.05, 0.1) is 6.26 Å². The van der Waals surface area contributed by atoms with Crippen molar-refractivity contribution >= 4 is 27.5 Å². The highest BCUT2D eigenvalue weighted by molar-refractivity contribution is 7.88. The lowest BCUT2D eigenvalue weighted by Gasteiger charge is -2.13. The number of benzene rings is 1. The number of nitrogens with one attached hydrogen (secondary N) is 1. The van der Waals surface area contributed by atoms with Gasteiger partial charge >= 0.3 is 0 Å². The molecular formula is C15H21ClN2O3S. The molecule has 0 unspecified atom stereocenters. The van der Waals surface area contributed by atoms with Crippen LogP contribution in [0.5, 0.6) is 0 Å². The molecule has 1 N–H and O–H groups in total. The van der Waals surface area contributed by atoms with Crippen molar-refractivity contribution < 1.29 is 13.2 Å². The normalized spacial score (nSPS) is 20.9. The molecule has 0 saturated heterocycles. The second kappa shape index (κ2) is 6.98. The summed E-state index contributed by atoms with van der Waals surface area (Å²) in [5.74, 6) is 0.287. The molecule has 1 fully saturated rings. The van der Waals surface area contributed by atoms with Gasteiger partial charge in [0.2, 0.25) is 15.9 Å². The zero-order valence-electron chi connectivity index (χ0n) is 12.8. The van der Waals surface area contributed by atoms with Gasteiger partial charge in [-0.25, -0.2) is 12.7 Å². The lowest BCUT2D eigenvalue weighted by atomic mass is 10.1. The molecule has 1 saturated carbocycles. The first-order valence-corrected chi connectivity index (χ1v) is 9.46. The van der Waals surface area contributed by atoms with E-state index in [0.29, 0.717) is 24.5 Å². The highest BCUT2D eigenvalue weighted by Gasteiger charge is 2.43. The Kier molecular flexibility index (Phi) is 5.47. The topological polar surface area (TPSA) is 66.5 Å². The number of hydrogen-bond acceptors (Lipinski definition) is 3. The quantitative estimate of drug-likeness (QED) is 0.767. The Hall–Kier alpha value is -1.11. The standard InChI is InChI=1S/C15H21ClN2O3S/c1-18(22(2,20)21)8-4-7-17-15(19)14-10-13(14)11-5-3-6-12(16)9-11/h3,5-6,9,13-14H,4,7-8,10H2,1-2H3,(H,17,19)/t13-,14-/m0/s1. The average Bonchev–Trinajstić information content (AvgIpc) is 3.22. The summed E-state index contributed by atoms with van der Waals surface area (Å²) in [4.78, 5) is 12.0.